The predicted octanol–water partition coefficient (Wildman–Crippen LogP) is 4.47. The van der Waals surface area contributed by atoms with Gasteiger partial charge in [0, 0.05) is 12.0 Å². The highest BCUT2D eigenvalue weighted by Gasteiger charge is 2.26. The summed E-state index contributed by atoms with van der Waals surface area (Å²) in [7, 11) is 0. The first kappa shape index (κ1) is 18.0. The molecule has 0 N–H and O–H groups in total. The molecule has 1 fully saturated rings. The zero-order valence-electron chi connectivity index (χ0n) is 16.4. The second kappa shape index (κ2) is 6.79. The second-order valence-electron chi connectivity index (χ2n) is 7.81. The van der Waals surface area contributed by atoms with Crippen molar-refractivity contribution in [2.75, 3.05) is 0 Å². The molecule has 0 spiro atoms. The summed E-state index contributed by atoms with van der Waals surface area (Å²) in [6.45, 7) is 3.95. The van der Waals surface area contributed by atoms with Crippen molar-refractivity contribution in [3.63, 3.8) is 0 Å². The smallest absolute Gasteiger partial charge is 0.278 e. The van der Waals surface area contributed by atoms with E-state index < -0.39 is 0 Å². The van der Waals surface area contributed by atoms with Crippen molar-refractivity contribution in [2.45, 2.75) is 57.9 Å². The first-order valence-corrected chi connectivity index (χ1v) is 10.1. The van der Waals surface area contributed by atoms with Gasteiger partial charge in [0.15, 0.2) is 0 Å². The fourth-order valence-corrected chi connectivity index (χ4v) is 4.31. The topological polar surface area (TPSA) is 78.2 Å². The van der Waals surface area contributed by atoms with Crippen LogP contribution in [0.2, 0.25) is 0 Å². The van der Waals surface area contributed by atoms with Gasteiger partial charge in [0.1, 0.15) is 23.4 Å². The van der Waals surface area contributed by atoms with Gasteiger partial charge in [-0.3, -0.25) is 9.20 Å². The van der Waals surface area contributed by atoms with Gasteiger partial charge in [0.25, 0.3) is 5.56 Å². The van der Waals surface area contributed by atoms with Crippen LogP contribution in [0.15, 0.2) is 33.8 Å². The molecule has 1 aliphatic rings. The van der Waals surface area contributed by atoms with E-state index in [1.165, 1.54) is 12.1 Å². The van der Waals surface area contributed by atoms with Crippen molar-refractivity contribution >= 4 is 16.6 Å². The van der Waals surface area contributed by atoms with Gasteiger partial charge in [-0.2, -0.15) is 4.98 Å². The Labute approximate surface area is 166 Å². The fraction of sp³-hybridized carbons (Fsp3) is 0.429. The maximum Gasteiger partial charge on any atom is 0.278 e. The number of hydrogen-bond acceptors (Lipinski definition) is 5. The van der Waals surface area contributed by atoms with Crippen LogP contribution in [0.5, 0.6) is 0 Å². The molecule has 1 atom stereocenters. The van der Waals surface area contributed by atoms with Crippen LogP contribution in [0, 0.1) is 5.82 Å². The van der Waals surface area contributed by atoms with Gasteiger partial charge in [-0.15, -0.1) is 0 Å². The van der Waals surface area contributed by atoms with E-state index in [0.717, 1.165) is 32.1 Å². The van der Waals surface area contributed by atoms with Gasteiger partial charge in [0.2, 0.25) is 11.7 Å². The maximum atomic E-state index is 14.0. The molecule has 0 saturated heterocycles. The predicted molar refractivity (Wildman–Crippen MR) is 106 cm³/mol. The molecule has 4 aromatic rings. The number of benzene rings is 1. The Hall–Kier alpha value is -3.03. The van der Waals surface area contributed by atoms with Crippen LogP contribution >= 0.6 is 0 Å². The number of hydrogen-bond donors (Lipinski definition) is 0. The molecule has 150 valence electrons. The Bertz CT molecular complexity index is 1270. The Balaban J connectivity index is 1.77. The largest absolute Gasteiger partial charge is 0.339 e. The summed E-state index contributed by atoms with van der Waals surface area (Å²) in [4.78, 5) is 22.5. The molecule has 5 rings (SSSR count). The minimum absolute atomic E-state index is 0.0983. The number of halogens is 1. The zero-order chi connectivity index (χ0) is 20.1. The van der Waals surface area contributed by atoms with Gasteiger partial charge in [-0.25, -0.2) is 9.37 Å². The van der Waals surface area contributed by atoms with Crippen molar-refractivity contribution in [3.05, 3.63) is 46.6 Å². The summed E-state index contributed by atoms with van der Waals surface area (Å²) in [6, 6.07) is 4.36. The molecular formula is C21H22FN5O2. The summed E-state index contributed by atoms with van der Waals surface area (Å²) < 4.78 is 22.8. The van der Waals surface area contributed by atoms with Crippen molar-refractivity contribution < 1.29 is 8.91 Å². The third-order valence-corrected chi connectivity index (χ3v) is 6.03. The van der Waals surface area contributed by atoms with Crippen LogP contribution in [-0.4, -0.2) is 24.1 Å². The molecule has 29 heavy (non-hydrogen) atoms. The normalized spacial score (nSPS) is 16.2. The molecule has 0 aliphatic heterocycles. The first-order valence-electron chi connectivity index (χ1n) is 10.1. The SMILES string of the molecule is CCC(C)n1c(=O)c2c(-c3noc(C4CCCC4)n3)ncn2c2ccc(F)cc21. The fourth-order valence-electron chi connectivity index (χ4n) is 4.31. The summed E-state index contributed by atoms with van der Waals surface area (Å²) in [5.41, 5.74) is 1.78. The molecule has 8 heteroatoms. The van der Waals surface area contributed by atoms with E-state index >= 15 is 0 Å². The summed E-state index contributed by atoms with van der Waals surface area (Å²) in [5.74, 6) is 0.839. The van der Waals surface area contributed by atoms with Gasteiger partial charge in [-0.1, -0.05) is 24.9 Å². The van der Waals surface area contributed by atoms with E-state index in [9.17, 15) is 9.18 Å². The zero-order valence-corrected chi connectivity index (χ0v) is 16.4. The van der Waals surface area contributed by atoms with Crippen LogP contribution in [0.1, 0.15) is 63.8 Å². The van der Waals surface area contributed by atoms with Crippen LogP contribution in [0.25, 0.3) is 28.1 Å². The average Bonchev–Trinajstić information content (AvgIpc) is 3.46. The molecule has 0 bridgehead atoms. The summed E-state index contributed by atoms with van der Waals surface area (Å²) >= 11 is 0. The quantitative estimate of drug-likeness (QED) is 0.510. The van der Waals surface area contributed by atoms with E-state index in [-0.39, 0.29) is 23.3 Å². The molecule has 1 aliphatic carbocycles. The van der Waals surface area contributed by atoms with E-state index in [4.69, 9.17) is 4.52 Å². The standard InChI is InChI=1S/C21H22FN5O2/c1-3-12(2)27-16-10-14(22)8-9-15(16)26-11-23-17(18(26)21(27)28)19-24-20(29-25-19)13-6-4-5-7-13/h8-13H,3-7H2,1-2H3. The lowest BCUT2D eigenvalue weighted by molar-refractivity contribution is 0.354. The molecule has 7 nitrogen and oxygen atoms in total. The molecule has 1 unspecified atom stereocenters. The molecular weight excluding hydrogens is 373 g/mol. The third kappa shape index (κ3) is 2.77. The Morgan fingerprint density at radius 1 is 1.28 bits per heavy atom. The first-order chi connectivity index (χ1) is 14.1. The summed E-state index contributed by atoms with van der Waals surface area (Å²) in [5, 5.41) is 4.11. The number of nitrogens with zero attached hydrogens (tertiary/aromatic N) is 5. The van der Waals surface area contributed by atoms with E-state index in [1.807, 2.05) is 13.8 Å². The summed E-state index contributed by atoms with van der Waals surface area (Å²) in [6.07, 6.45) is 6.72. The minimum atomic E-state index is -0.381. The lowest BCUT2D eigenvalue weighted by atomic mass is 10.1. The highest BCUT2D eigenvalue weighted by atomic mass is 19.1. The Morgan fingerprint density at radius 3 is 2.83 bits per heavy atom. The van der Waals surface area contributed by atoms with Gasteiger partial charge < -0.3 is 9.09 Å². The van der Waals surface area contributed by atoms with Crippen molar-refractivity contribution in [3.8, 4) is 11.5 Å². The Morgan fingerprint density at radius 2 is 2.07 bits per heavy atom. The van der Waals surface area contributed by atoms with Gasteiger partial charge in [-0.05, 0) is 44.4 Å². The lowest BCUT2D eigenvalue weighted by Gasteiger charge is -2.17. The molecule has 3 heterocycles. The lowest BCUT2D eigenvalue weighted by Crippen LogP contribution is -2.25. The van der Waals surface area contributed by atoms with Crippen molar-refractivity contribution in [2.24, 2.45) is 0 Å². The maximum absolute atomic E-state index is 14.0. The molecule has 0 amide bonds. The van der Waals surface area contributed by atoms with Gasteiger partial charge >= 0.3 is 0 Å². The van der Waals surface area contributed by atoms with Crippen LogP contribution in [-0.2, 0) is 0 Å². The van der Waals surface area contributed by atoms with Crippen LogP contribution < -0.4 is 5.56 Å². The molecule has 1 aromatic carbocycles. The Kier molecular flexibility index (Phi) is 4.22. The average molecular weight is 395 g/mol. The van der Waals surface area contributed by atoms with Crippen molar-refractivity contribution in [1.29, 1.82) is 0 Å². The molecule has 0 radical (unpaired) electrons. The van der Waals surface area contributed by atoms with Crippen molar-refractivity contribution in [1.82, 2.24) is 24.1 Å². The molecule has 1 saturated carbocycles. The molecule has 3 aromatic heterocycles. The number of imidazole rings is 1. The highest BCUT2D eigenvalue weighted by Crippen LogP contribution is 2.34. The minimum Gasteiger partial charge on any atom is -0.339 e. The van der Waals surface area contributed by atoms with Gasteiger partial charge in [0.05, 0.1) is 11.0 Å². The van der Waals surface area contributed by atoms with Crippen LogP contribution in [0.3, 0.4) is 0 Å². The third-order valence-electron chi connectivity index (χ3n) is 6.03. The monoisotopic (exact) mass is 395 g/mol. The van der Waals surface area contributed by atoms with E-state index in [2.05, 4.69) is 15.1 Å². The second-order valence-corrected chi connectivity index (χ2v) is 7.81. The number of aromatic nitrogens is 5. The highest BCUT2D eigenvalue weighted by molar-refractivity contribution is 5.83. The number of rotatable bonds is 4. The van der Waals surface area contributed by atoms with Crippen LogP contribution in [0.4, 0.5) is 4.39 Å². The van der Waals surface area contributed by atoms with E-state index in [1.54, 1.807) is 21.4 Å². The number of fused-ring (bicyclic) bond motifs is 3. The van der Waals surface area contributed by atoms with E-state index in [0.29, 0.717) is 34.0 Å².